The molecule has 0 amide bonds. The molecule has 0 aliphatic carbocycles. The molecule has 0 bridgehead atoms. The molecule has 0 saturated carbocycles. The van der Waals surface area contributed by atoms with Crippen LogP contribution in [-0.4, -0.2) is 26.2 Å². The van der Waals surface area contributed by atoms with E-state index in [1.54, 1.807) is 6.07 Å². The van der Waals surface area contributed by atoms with E-state index < -0.39 is 5.60 Å². The first-order valence-corrected chi connectivity index (χ1v) is 10.8. The lowest BCUT2D eigenvalue weighted by atomic mass is 9.98. The maximum Gasteiger partial charge on any atom is 0.339 e. The molecule has 0 radical (unpaired) electrons. The lowest BCUT2D eigenvalue weighted by Crippen LogP contribution is -2.24. The number of hydrogen-bond acceptors (Lipinski definition) is 4. The Balaban J connectivity index is 1.88. The lowest BCUT2D eigenvalue weighted by Gasteiger charge is -2.20. The molecule has 0 atom stereocenters. The molecule has 3 aromatic rings. The number of ether oxygens (including phenoxy) is 1. The summed E-state index contributed by atoms with van der Waals surface area (Å²) in [6.07, 6.45) is 1.88. The Labute approximate surface area is 184 Å². The van der Waals surface area contributed by atoms with Gasteiger partial charge in [0, 0.05) is 13.0 Å². The molecule has 2 aromatic carbocycles. The SMILES string of the molecule is CCCc1nc(C)c(CO)n1Cc1ccc(-c2ccccc2C(=O)OC(C)(C)C)cc1. The average Bonchev–Trinajstić information content (AvgIpc) is 3.01. The van der Waals surface area contributed by atoms with E-state index in [-0.39, 0.29) is 12.6 Å². The molecule has 0 unspecified atom stereocenters. The number of nitrogens with zero attached hydrogens (tertiary/aromatic N) is 2. The third-order valence-corrected chi connectivity index (χ3v) is 5.13. The van der Waals surface area contributed by atoms with Gasteiger partial charge < -0.3 is 14.4 Å². The molecule has 1 heterocycles. The smallest absolute Gasteiger partial charge is 0.339 e. The van der Waals surface area contributed by atoms with E-state index in [4.69, 9.17) is 4.74 Å². The van der Waals surface area contributed by atoms with Gasteiger partial charge in [0.1, 0.15) is 11.4 Å². The molecule has 0 spiro atoms. The van der Waals surface area contributed by atoms with Crippen molar-refractivity contribution in [2.75, 3.05) is 0 Å². The number of imidazole rings is 1. The van der Waals surface area contributed by atoms with Crippen molar-refractivity contribution in [1.29, 1.82) is 0 Å². The second kappa shape index (κ2) is 9.48. The van der Waals surface area contributed by atoms with Crippen LogP contribution in [0.1, 0.15) is 67.2 Å². The summed E-state index contributed by atoms with van der Waals surface area (Å²) in [5.74, 6) is 0.682. The predicted octanol–water partition coefficient (Wildman–Crippen LogP) is 5.31. The van der Waals surface area contributed by atoms with Gasteiger partial charge in [-0.25, -0.2) is 9.78 Å². The Morgan fingerprint density at radius 3 is 2.39 bits per heavy atom. The van der Waals surface area contributed by atoms with Crippen LogP contribution < -0.4 is 0 Å². The van der Waals surface area contributed by atoms with Gasteiger partial charge in [-0.3, -0.25) is 0 Å². The summed E-state index contributed by atoms with van der Waals surface area (Å²) in [5, 5.41) is 9.81. The van der Waals surface area contributed by atoms with Gasteiger partial charge in [-0.2, -0.15) is 0 Å². The fourth-order valence-corrected chi connectivity index (χ4v) is 3.69. The van der Waals surface area contributed by atoms with E-state index in [0.717, 1.165) is 46.7 Å². The largest absolute Gasteiger partial charge is 0.456 e. The number of aliphatic hydroxyl groups is 1. The molecule has 1 N–H and O–H groups in total. The molecule has 0 aliphatic heterocycles. The van der Waals surface area contributed by atoms with Crippen LogP contribution in [0.2, 0.25) is 0 Å². The number of aliphatic hydroxyl groups excluding tert-OH is 1. The van der Waals surface area contributed by atoms with Crippen LogP contribution in [0.5, 0.6) is 0 Å². The number of benzene rings is 2. The standard InChI is InChI=1S/C26H32N2O3/c1-6-9-24-27-18(2)23(17-29)28(24)16-19-12-14-20(15-13-19)21-10-7-8-11-22(21)25(30)31-26(3,4)5/h7-8,10-15,29H,6,9,16-17H2,1-5H3. The van der Waals surface area contributed by atoms with E-state index >= 15 is 0 Å². The summed E-state index contributed by atoms with van der Waals surface area (Å²) < 4.78 is 7.69. The van der Waals surface area contributed by atoms with Gasteiger partial charge in [0.05, 0.1) is 23.6 Å². The van der Waals surface area contributed by atoms with Crippen molar-refractivity contribution >= 4 is 5.97 Å². The Morgan fingerprint density at radius 1 is 1.10 bits per heavy atom. The Bertz CT molecular complexity index is 1040. The first-order chi connectivity index (χ1) is 14.7. The highest BCUT2D eigenvalue weighted by molar-refractivity contribution is 5.97. The van der Waals surface area contributed by atoms with Crippen molar-refractivity contribution in [2.24, 2.45) is 0 Å². The average molecular weight is 421 g/mol. The minimum atomic E-state index is -0.544. The number of aryl methyl sites for hydroxylation is 2. The van der Waals surface area contributed by atoms with Gasteiger partial charge in [0.2, 0.25) is 0 Å². The monoisotopic (exact) mass is 420 g/mol. The molecule has 31 heavy (non-hydrogen) atoms. The summed E-state index contributed by atoms with van der Waals surface area (Å²) in [4.78, 5) is 17.3. The van der Waals surface area contributed by atoms with Crippen molar-refractivity contribution in [3.63, 3.8) is 0 Å². The quantitative estimate of drug-likeness (QED) is 0.526. The van der Waals surface area contributed by atoms with Crippen LogP contribution in [-0.2, 0) is 24.3 Å². The summed E-state index contributed by atoms with van der Waals surface area (Å²) in [5.41, 5.74) is 4.69. The van der Waals surface area contributed by atoms with Gasteiger partial charge >= 0.3 is 5.97 Å². The van der Waals surface area contributed by atoms with E-state index in [1.165, 1.54) is 0 Å². The molecule has 3 rings (SSSR count). The summed E-state index contributed by atoms with van der Waals surface area (Å²) >= 11 is 0. The van der Waals surface area contributed by atoms with Crippen LogP contribution in [0.4, 0.5) is 0 Å². The zero-order valence-electron chi connectivity index (χ0n) is 19.1. The Hall–Kier alpha value is -2.92. The normalized spacial score (nSPS) is 11.5. The van der Waals surface area contributed by atoms with Crippen molar-refractivity contribution < 1.29 is 14.6 Å². The second-order valence-corrected chi connectivity index (χ2v) is 8.80. The molecule has 5 heteroatoms. The zero-order valence-corrected chi connectivity index (χ0v) is 19.1. The van der Waals surface area contributed by atoms with Crippen LogP contribution in [0.15, 0.2) is 48.5 Å². The van der Waals surface area contributed by atoms with E-state index in [2.05, 4.69) is 28.6 Å². The van der Waals surface area contributed by atoms with Crippen molar-refractivity contribution in [3.8, 4) is 11.1 Å². The molecule has 0 fully saturated rings. The van der Waals surface area contributed by atoms with Gasteiger partial charge in [0.15, 0.2) is 0 Å². The van der Waals surface area contributed by atoms with Gasteiger partial charge in [-0.05, 0) is 56.9 Å². The van der Waals surface area contributed by atoms with Crippen LogP contribution in [0, 0.1) is 6.92 Å². The predicted molar refractivity (Wildman–Crippen MR) is 123 cm³/mol. The van der Waals surface area contributed by atoms with Crippen LogP contribution >= 0.6 is 0 Å². The van der Waals surface area contributed by atoms with Crippen LogP contribution in [0.3, 0.4) is 0 Å². The fourth-order valence-electron chi connectivity index (χ4n) is 3.69. The van der Waals surface area contributed by atoms with Crippen molar-refractivity contribution in [3.05, 3.63) is 76.9 Å². The summed E-state index contributed by atoms with van der Waals surface area (Å²) in [6, 6.07) is 15.7. The maximum absolute atomic E-state index is 12.7. The summed E-state index contributed by atoms with van der Waals surface area (Å²) in [6.45, 7) is 10.3. The number of hydrogen-bond donors (Lipinski definition) is 1. The highest BCUT2D eigenvalue weighted by atomic mass is 16.6. The first kappa shape index (κ1) is 22.8. The zero-order chi connectivity index (χ0) is 22.6. The second-order valence-electron chi connectivity index (χ2n) is 8.80. The molecule has 0 saturated heterocycles. The number of aromatic nitrogens is 2. The minimum Gasteiger partial charge on any atom is -0.456 e. The number of rotatable bonds is 7. The van der Waals surface area contributed by atoms with Crippen LogP contribution in [0.25, 0.3) is 11.1 Å². The number of carbonyl (C=O) groups is 1. The highest BCUT2D eigenvalue weighted by Crippen LogP contribution is 2.26. The molecule has 5 nitrogen and oxygen atoms in total. The van der Waals surface area contributed by atoms with Gasteiger partial charge in [-0.1, -0.05) is 49.4 Å². The van der Waals surface area contributed by atoms with Gasteiger partial charge in [0.25, 0.3) is 0 Å². The number of carbonyl (C=O) groups excluding carboxylic acids is 1. The topological polar surface area (TPSA) is 64.4 Å². The van der Waals surface area contributed by atoms with E-state index in [9.17, 15) is 9.90 Å². The molecule has 0 aliphatic rings. The Morgan fingerprint density at radius 2 is 1.77 bits per heavy atom. The maximum atomic E-state index is 12.7. The Kier molecular flexibility index (Phi) is 6.96. The highest BCUT2D eigenvalue weighted by Gasteiger charge is 2.20. The molecular formula is C26H32N2O3. The first-order valence-electron chi connectivity index (χ1n) is 10.8. The van der Waals surface area contributed by atoms with Crippen molar-refractivity contribution in [1.82, 2.24) is 9.55 Å². The van der Waals surface area contributed by atoms with Gasteiger partial charge in [-0.15, -0.1) is 0 Å². The summed E-state index contributed by atoms with van der Waals surface area (Å²) in [7, 11) is 0. The molecular weight excluding hydrogens is 388 g/mol. The third kappa shape index (κ3) is 5.42. The van der Waals surface area contributed by atoms with E-state index in [1.807, 2.05) is 58.0 Å². The number of esters is 1. The van der Waals surface area contributed by atoms with E-state index in [0.29, 0.717) is 12.1 Å². The molecule has 1 aromatic heterocycles. The van der Waals surface area contributed by atoms with Crippen molar-refractivity contribution in [2.45, 2.75) is 66.2 Å². The lowest BCUT2D eigenvalue weighted by molar-refractivity contribution is 0.00704. The third-order valence-electron chi connectivity index (χ3n) is 5.13. The molecule has 164 valence electrons. The fraction of sp³-hybridized carbons (Fsp3) is 0.385. The minimum absolute atomic E-state index is 0.0239.